The summed E-state index contributed by atoms with van der Waals surface area (Å²) in [7, 11) is -12.4. The van der Waals surface area contributed by atoms with Gasteiger partial charge in [0, 0.05) is 5.75 Å². The van der Waals surface area contributed by atoms with Gasteiger partial charge in [0.25, 0.3) is 0 Å². The average molecular weight is 831 g/mol. The van der Waals surface area contributed by atoms with Gasteiger partial charge in [-0.15, -0.1) is 24.8 Å². The molecule has 0 radical (unpaired) electrons. The van der Waals surface area contributed by atoms with Crippen molar-refractivity contribution < 1.29 is 103 Å². The van der Waals surface area contributed by atoms with Gasteiger partial charge in [-0.05, 0) is 93.0 Å². The van der Waals surface area contributed by atoms with E-state index >= 15 is 0 Å². The van der Waals surface area contributed by atoms with Gasteiger partial charge in [0.2, 0.25) is 0 Å². The van der Waals surface area contributed by atoms with E-state index in [0.29, 0.717) is 17.2 Å². The second kappa shape index (κ2) is 19.6. The third kappa shape index (κ3) is 15.7. The normalized spacial score (nSPS) is 12.3. The number of benzene rings is 4. The van der Waals surface area contributed by atoms with Crippen LogP contribution < -0.4 is 68.6 Å². The van der Waals surface area contributed by atoms with Gasteiger partial charge in [0.15, 0.2) is 9.84 Å². The van der Waals surface area contributed by atoms with Crippen molar-refractivity contribution in [1.29, 1.82) is 0 Å². The van der Waals surface area contributed by atoms with Crippen LogP contribution in [0.2, 0.25) is 0 Å². The Hall–Kier alpha value is -2.04. The summed E-state index contributed by atoms with van der Waals surface area (Å²) in [5.41, 5.74) is 2.41. The van der Waals surface area contributed by atoms with E-state index in [9.17, 15) is 21.4 Å². The van der Waals surface area contributed by atoms with Crippen molar-refractivity contribution >= 4 is 30.6 Å². The molecule has 15 heteroatoms. The zero-order chi connectivity index (χ0) is 40.2. The zero-order valence-electron chi connectivity index (χ0n) is 33.8. The van der Waals surface area contributed by atoms with Crippen LogP contribution in [0.4, 0.5) is 0 Å². The Kier molecular flexibility index (Phi) is 18.2. The fourth-order valence-corrected chi connectivity index (χ4v) is 8.71. The SMILES string of the molecule is CC(C)(C)CC(C)(C)c1ccc(Oc2[c-]cc(S(=O)(=O)c3ccc(Oc4ccc(C(C)(C)CC(C)(C)C)cc4)c(S(=O)(=O)[O-])c3)cc2)cc1.O=S(=O)=O.[Na+].[Na+]. The fourth-order valence-electron chi connectivity index (χ4n) is 6.76. The van der Waals surface area contributed by atoms with Crippen molar-refractivity contribution in [2.75, 3.05) is 0 Å². The van der Waals surface area contributed by atoms with E-state index in [1.807, 2.05) is 36.4 Å². The van der Waals surface area contributed by atoms with Crippen LogP contribution in [0.25, 0.3) is 0 Å². The molecule has 0 atom stereocenters. The van der Waals surface area contributed by atoms with Gasteiger partial charge in [-0.25, -0.2) is 16.8 Å². The van der Waals surface area contributed by atoms with Crippen LogP contribution in [0.5, 0.6) is 23.0 Å². The van der Waals surface area contributed by atoms with E-state index in [-0.39, 0.29) is 96.3 Å². The summed E-state index contributed by atoms with van der Waals surface area (Å²) in [4.78, 5) is -1.29. The van der Waals surface area contributed by atoms with Crippen LogP contribution in [0.15, 0.2) is 99.6 Å². The maximum atomic E-state index is 13.5. The van der Waals surface area contributed by atoms with Gasteiger partial charge < -0.3 is 14.0 Å². The molecule has 288 valence electrons. The minimum Gasteiger partial charge on any atom is -0.744 e. The molecule has 0 unspecified atom stereocenters. The molecule has 0 saturated heterocycles. The fraction of sp³-hybridized carbons (Fsp3) is 0.400. The van der Waals surface area contributed by atoms with Gasteiger partial charge in [-0.1, -0.05) is 93.5 Å². The first-order valence-electron chi connectivity index (χ1n) is 16.8. The standard InChI is InChI=1S/C40H49O7S2.2Na.O3S/c1-37(2,3)26-39(7,8)28-11-15-30(16-12-28)46-31-19-21-33(22-20-31)48(41,42)34-23-24-35(36(25-34)49(43,44)45)47-32-17-13-29(14-18-32)40(9,10)27-38(4,5)6;;;1-4(2)3/h11-19,21-25H,26-27H2,1-10H3,(H,43,44,45);;;/q-1;2*+1;/p-1. The second-order valence-electron chi connectivity index (χ2n) is 16.7. The molecular formula is C40H48Na2O10S3. The third-order valence-corrected chi connectivity index (χ3v) is 10.8. The van der Waals surface area contributed by atoms with Gasteiger partial charge in [0.05, 0.1) is 9.79 Å². The molecule has 0 amide bonds. The van der Waals surface area contributed by atoms with Crippen LogP contribution in [0.1, 0.15) is 93.2 Å². The predicted octanol–water partition coefficient (Wildman–Crippen LogP) is 3.24. The zero-order valence-corrected chi connectivity index (χ0v) is 40.3. The topological polar surface area (TPSA) is 161 Å². The number of hydrogen-bond donors (Lipinski definition) is 0. The van der Waals surface area contributed by atoms with Crippen LogP contribution in [-0.2, 0) is 41.4 Å². The minimum atomic E-state index is -5.10. The smallest absolute Gasteiger partial charge is 0.744 e. The minimum absolute atomic E-state index is 0. The summed E-state index contributed by atoms with van der Waals surface area (Å²) < 4.78 is 101. The van der Waals surface area contributed by atoms with Crippen molar-refractivity contribution in [3.63, 3.8) is 0 Å². The first-order valence-corrected chi connectivity index (χ1v) is 20.7. The first-order chi connectivity index (χ1) is 24.1. The molecule has 0 aliphatic heterocycles. The van der Waals surface area contributed by atoms with Crippen LogP contribution >= 0.6 is 0 Å². The van der Waals surface area contributed by atoms with E-state index in [2.05, 4.69) is 75.3 Å². The summed E-state index contributed by atoms with van der Waals surface area (Å²) in [5, 5.41) is 0. The van der Waals surface area contributed by atoms with Crippen LogP contribution in [0.3, 0.4) is 0 Å². The second-order valence-corrected chi connectivity index (χ2v) is 20.4. The molecule has 0 aliphatic rings. The van der Waals surface area contributed by atoms with Gasteiger partial charge in [-0.2, -0.15) is 12.1 Å². The first kappa shape index (κ1) is 51.0. The molecule has 0 aromatic heterocycles. The summed E-state index contributed by atoms with van der Waals surface area (Å²) in [6, 6.07) is 25.2. The van der Waals surface area contributed by atoms with Crippen molar-refractivity contribution in [3.05, 3.63) is 102 Å². The summed E-state index contributed by atoms with van der Waals surface area (Å²) in [6.45, 7) is 21.9. The maximum absolute atomic E-state index is 13.5. The molecule has 0 heterocycles. The average Bonchev–Trinajstić information content (AvgIpc) is 2.99. The van der Waals surface area contributed by atoms with Gasteiger partial charge >= 0.3 is 69.7 Å². The van der Waals surface area contributed by atoms with Crippen molar-refractivity contribution in [2.24, 2.45) is 10.8 Å². The predicted molar refractivity (Wildman–Crippen MR) is 202 cm³/mol. The van der Waals surface area contributed by atoms with Gasteiger partial charge in [-0.3, -0.25) is 0 Å². The van der Waals surface area contributed by atoms with Crippen molar-refractivity contribution in [1.82, 2.24) is 0 Å². The van der Waals surface area contributed by atoms with E-state index in [1.165, 1.54) is 35.9 Å². The Morgan fingerprint density at radius 2 is 1.00 bits per heavy atom. The Balaban J connectivity index is 0.00000240. The number of sulfone groups is 1. The Morgan fingerprint density at radius 1 is 0.600 bits per heavy atom. The maximum Gasteiger partial charge on any atom is 1.00 e. The molecule has 0 spiro atoms. The van der Waals surface area contributed by atoms with Crippen LogP contribution in [0, 0.1) is 16.9 Å². The molecule has 55 heavy (non-hydrogen) atoms. The quantitative estimate of drug-likeness (QED) is 0.125. The van der Waals surface area contributed by atoms with E-state index < -0.39 is 35.5 Å². The molecule has 10 nitrogen and oxygen atoms in total. The van der Waals surface area contributed by atoms with E-state index in [1.54, 1.807) is 12.1 Å². The van der Waals surface area contributed by atoms with Crippen LogP contribution in [-0.4, -0.2) is 34.0 Å². The number of rotatable bonds is 11. The molecule has 0 N–H and O–H groups in total. The Morgan fingerprint density at radius 3 is 1.36 bits per heavy atom. The molecular weight excluding hydrogens is 783 g/mol. The largest absolute Gasteiger partial charge is 1.00 e. The molecule has 4 aromatic carbocycles. The van der Waals surface area contributed by atoms with Crippen molar-refractivity contribution in [3.8, 4) is 23.0 Å². The molecule has 4 rings (SSSR count). The van der Waals surface area contributed by atoms with E-state index in [0.717, 1.165) is 24.5 Å². The summed E-state index contributed by atoms with van der Waals surface area (Å²) in [6.07, 6.45) is 1.94. The molecule has 0 bridgehead atoms. The molecule has 0 aliphatic carbocycles. The third-order valence-electron chi connectivity index (χ3n) is 8.23. The summed E-state index contributed by atoms with van der Waals surface area (Å²) >= 11 is 0. The Bertz CT molecular complexity index is 2220. The Labute approximate surface area is 373 Å². The van der Waals surface area contributed by atoms with E-state index in [4.69, 9.17) is 22.1 Å². The van der Waals surface area contributed by atoms with Gasteiger partial charge in [0.1, 0.15) is 27.4 Å². The van der Waals surface area contributed by atoms with Crippen molar-refractivity contribution in [2.45, 2.75) is 108 Å². The molecule has 4 aromatic rings. The number of ether oxygens (including phenoxy) is 2. The number of hydrogen-bond acceptors (Lipinski definition) is 10. The monoisotopic (exact) mass is 830 g/mol. The molecule has 0 fully saturated rings. The molecule has 0 saturated carbocycles. The summed E-state index contributed by atoms with van der Waals surface area (Å²) in [5.74, 6) is 0.925.